The summed E-state index contributed by atoms with van der Waals surface area (Å²) in [6.45, 7) is 10.1. The number of allylic oxidation sites excluding steroid dienone is 2. The zero-order chi connectivity index (χ0) is 8.65. The molecule has 1 aliphatic carbocycles. The Bertz CT molecular complexity index is 175. The van der Waals surface area contributed by atoms with Gasteiger partial charge in [0.05, 0.1) is 6.54 Å². The zero-order valence-corrected chi connectivity index (χ0v) is 8.15. The maximum Gasteiger partial charge on any atom is 0.0779 e. The molecule has 0 bridgehead atoms. The van der Waals surface area contributed by atoms with Gasteiger partial charge in [-0.05, 0) is 25.2 Å². The van der Waals surface area contributed by atoms with Crippen molar-refractivity contribution >= 4 is 0 Å². The summed E-state index contributed by atoms with van der Waals surface area (Å²) in [7, 11) is 0. The van der Waals surface area contributed by atoms with Crippen LogP contribution in [0.2, 0.25) is 0 Å². The van der Waals surface area contributed by atoms with E-state index >= 15 is 0 Å². The van der Waals surface area contributed by atoms with Crippen LogP contribution in [0, 0.1) is 17.3 Å². The predicted octanol–water partition coefficient (Wildman–Crippen LogP) is 1.47. The maximum absolute atomic E-state index is 3.97. The van der Waals surface area contributed by atoms with Gasteiger partial charge in [0, 0.05) is 5.92 Å². The summed E-state index contributed by atoms with van der Waals surface area (Å²) in [5, 5.41) is 0. The van der Waals surface area contributed by atoms with Crippen LogP contribution < -0.4 is 5.73 Å². The van der Waals surface area contributed by atoms with Crippen molar-refractivity contribution in [1.82, 2.24) is 0 Å². The average molecular weight is 154 g/mol. The van der Waals surface area contributed by atoms with Crippen LogP contribution in [-0.4, -0.2) is 6.54 Å². The molecule has 0 radical (unpaired) electrons. The third-order valence-corrected chi connectivity index (χ3v) is 2.96. The largest absolute Gasteiger partial charge is 0.357 e. The second-order valence-electron chi connectivity index (χ2n) is 4.49. The summed E-state index contributed by atoms with van der Waals surface area (Å²) in [6.07, 6.45) is 2.40. The molecule has 11 heavy (non-hydrogen) atoms. The van der Waals surface area contributed by atoms with Gasteiger partial charge in [-0.3, -0.25) is 0 Å². The molecule has 3 N–H and O–H groups in total. The Kier molecular flexibility index (Phi) is 2.10. The molecule has 0 aromatic heterocycles. The van der Waals surface area contributed by atoms with Gasteiger partial charge in [0.2, 0.25) is 0 Å². The van der Waals surface area contributed by atoms with Gasteiger partial charge in [0.25, 0.3) is 0 Å². The van der Waals surface area contributed by atoms with Crippen molar-refractivity contribution in [3.05, 3.63) is 11.6 Å². The molecule has 0 unspecified atom stereocenters. The van der Waals surface area contributed by atoms with Crippen LogP contribution in [-0.2, 0) is 0 Å². The summed E-state index contributed by atoms with van der Waals surface area (Å²) in [5.74, 6) is 1.63. The smallest absolute Gasteiger partial charge is 0.0779 e. The molecule has 1 saturated carbocycles. The monoisotopic (exact) mass is 154 g/mol. The van der Waals surface area contributed by atoms with E-state index in [1.807, 2.05) is 0 Å². The molecule has 0 aromatic carbocycles. The quantitative estimate of drug-likeness (QED) is 0.583. The summed E-state index contributed by atoms with van der Waals surface area (Å²) in [4.78, 5) is 0. The number of hydrogen-bond acceptors (Lipinski definition) is 0. The van der Waals surface area contributed by atoms with Crippen molar-refractivity contribution in [2.75, 3.05) is 6.54 Å². The lowest BCUT2D eigenvalue weighted by atomic mass is 10.1. The van der Waals surface area contributed by atoms with Crippen molar-refractivity contribution < 1.29 is 5.73 Å². The molecule has 0 spiro atoms. The molecule has 1 aliphatic rings. The lowest BCUT2D eigenvalue weighted by Gasteiger charge is -1.97. The Morgan fingerprint density at radius 2 is 2.00 bits per heavy atom. The molecule has 1 rings (SSSR count). The molecule has 0 saturated heterocycles. The van der Waals surface area contributed by atoms with E-state index in [-0.39, 0.29) is 0 Å². The van der Waals surface area contributed by atoms with E-state index in [1.165, 1.54) is 5.57 Å². The van der Waals surface area contributed by atoms with Gasteiger partial charge in [-0.25, -0.2) is 0 Å². The van der Waals surface area contributed by atoms with Crippen LogP contribution in [0.15, 0.2) is 11.6 Å². The third kappa shape index (κ3) is 1.48. The van der Waals surface area contributed by atoms with Crippen molar-refractivity contribution in [1.29, 1.82) is 0 Å². The fourth-order valence-electron chi connectivity index (χ4n) is 2.03. The van der Waals surface area contributed by atoms with Gasteiger partial charge in [-0.15, -0.1) is 0 Å². The fourth-order valence-corrected chi connectivity index (χ4v) is 2.03. The van der Waals surface area contributed by atoms with Gasteiger partial charge in [-0.1, -0.05) is 25.5 Å². The van der Waals surface area contributed by atoms with Gasteiger partial charge >= 0.3 is 0 Å². The standard InChI is InChI=1S/C10H19N/c1-7(2)5-8-9(6-11)10(8,3)4/h5,8-9H,6,11H2,1-4H3/p+1/t8-,9-/m1/s1. The molecule has 0 amide bonds. The molecular weight excluding hydrogens is 134 g/mol. The Balaban J connectivity index is 2.59. The average Bonchev–Trinajstić information content (AvgIpc) is 2.33. The minimum absolute atomic E-state index is 0.527. The van der Waals surface area contributed by atoms with Crippen molar-refractivity contribution in [3.63, 3.8) is 0 Å². The van der Waals surface area contributed by atoms with E-state index in [0.717, 1.165) is 18.4 Å². The van der Waals surface area contributed by atoms with Crippen molar-refractivity contribution in [2.45, 2.75) is 27.7 Å². The molecule has 1 nitrogen and oxygen atoms in total. The van der Waals surface area contributed by atoms with Gasteiger partial charge in [0.1, 0.15) is 0 Å². The van der Waals surface area contributed by atoms with E-state index < -0.39 is 0 Å². The van der Waals surface area contributed by atoms with E-state index in [1.54, 1.807) is 0 Å². The third-order valence-electron chi connectivity index (χ3n) is 2.96. The molecule has 1 fully saturated rings. The maximum atomic E-state index is 3.97. The van der Waals surface area contributed by atoms with E-state index in [9.17, 15) is 0 Å². The highest BCUT2D eigenvalue weighted by molar-refractivity contribution is 5.16. The first-order chi connectivity index (χ1) is 5.00. The minimum Gasteiger partial charge on any atom is -0.357 e. The van der Waals surface area contributed by atoms with Crippen LogP contribution in [0.4, 0.5) is 0 Å². The first-order valence-corrected chi connectivity index (χ1v) is 4.44. The highest BCUT2D eigenvalue weighted by Crippen LogP contribution is 2.58. The van der Waals surface area contributed by atoms with E-state index in [0.29, 0.717) is 5.41 Å². The molecule has 0 heterocycles. The summed E-state index contributed by atoms with van der Waals surface area (Å²) >= 11 is 0. The summed E-state index contributed by atoms with van der Waals surface area (Å²) in [6, 6.07) is 0. The second-order valence-corrected chi connectivity index (χ2v) is 4.49. The normalized spacial score (nSPS) is 33.2. The van der Waals surface area contributed by atoms with Crippen molar-refractivity contribution in [2.24, 2.45) is 17.3 Å². The number of hydrogen-bond donors (Lipinski definition) is 1. The second kappa shape index (κ2) is 2.63. The summed E-state index contributed by atoms with van der Waals surface area (Å²) < 4.78 is 0. The SMILES string of the molecule is CC(C)=C[C@@H]1[C@@H](C[NH3+])C1(C)C. The Morgan fingerprint density at radius 3 is 2.27 bits per heavy atom. The highest BCUT2D eigenvalue weighted by atomic mass is 14.7. The Morgan fingerprint density at radius 1 is 1.45 bits per heavy atom. The molecule has 64 valence electrons. The Hall–Kier alpha value is -0.300. The van der Waals surface area contributed by atoms with Crippen molar-refractivity contribution in [3.8, 4) is 0 Å². The first kappa shape index (κ1) is 8.79. The topological polar surface area (TPSA) is 27.6 Å². The molecule has 2 atom stereocenters. The Labute approximate surface area is 69.7 Å². The highest BCUT2D eigenvalue weighted by Gasteiger charge is 2.56. The van der Waals surface area contributed by atoms with Gasteiger partial charge in [-0.2, -0.15) is 0 Å². The van der Waals surface area contributed by atoms with Gasteiger partial charge in [0.15, 0.2) is 0 Å². The van der Waals surface area contributed by atoms with E-state index in [2.05, 4.69) is 39.5 Å². The zero-order valence-electron chi connectivity index (χ0n) is 8.15. The fraction of sp³-hybridized carbons (Fsp3) is 0.800. The van der Waals surface area contributed by atoms with E-state index in [4.69, 9.17) is 0 Å². The molecule has 1 heteroatoms. The predicted molar refractivity (Wildman–Crippen MR) is 47.9 cm³/mol. The number of rotatable bonds is 2. The molecule has 0 aliphatic heterocycles. The summed E-state index contributed by atoms with van der Waals surface area (Å²) in [5.41, 5.74) is 5.94. The van der Waals surface area contributed by atoms with Gasteiger partial charge < -0.3 is 5.73 Å². The minimum atomic E-state index is 0.527. The van der Waals surface area contributed by atoms with Crippen LogP contribution >= 0.6 is 0 Å². The van der Waals surface area contributed by atoms with Crippen LogP contribution in [0.3, 0.4) is 0 Å². The molecular formula is C10H20N+. The lowest BCUT2D eigenvalue weighted by molar-refractivity contribution is -0.374. The van der Waals surface area contributed by atoms with Crippen LogP contribution in [0.1, 0.15) is 27.7 Å². The van der Waals surface area contributed by atoms with Crippen LogP contribution in [0.5, 0.6) is 0 Å². The number of quaternary nitrogens is 1. The van der Waals surface area contributed by atoms with Crippen LogP contribution in [0.25, 0.3) is 0 Å². The molecule has 0 aromatic rings. The first-order valence-electron chi connectivity index (χ1n) is 4.44. The lowest BCUT2D eigenvalue weighted by Crippen LogP contribution is -2.52.